The molecule has 0 fully saturated rings. The highest BCUT2D eigenvalue weighted by molar-refractivity contribution is 9.10. The Morgan fingerprint density at radius 1 is 0.822 bits per heavy atom. The van der Waals surface area contributed by atoms with Crippen molar-refractivity contribution < 1.29 is 18.0 Å². The molecule has 4 aromatic rings. The Balaban J connectivity index is 1.84. The van der Waals surface area contributed by atoms with E-state index in [1.54, 1.807) is 24.3 Å². The molecule has 0 aliphatic carbocycles. The van der Waals surface area contributed by atoms with Crippen LogP contribution in [0.25, 0.3) is 0 Å². The summed E-state index contributed by atoms with van der Waals surface area (Å²) in [6.07, 6.45) is 0.203. The van der Waals surface area contributed by atoms with Crippen LogP contribution in [0, 0.1) is 0 Å². The van der Waals surface area contributed by atoms with Crippen LogP contribution < -0.4 is 9.62 Å². The normalized spacial score (nSPS) is 12.3. The van der Waals surface area contributed by atoms with Gasteiger partial charge in [-0.1, -0.05) is 106 Å². The number of halogens is 3. The molecule has 4 rings (SSSR count). The SMILES string of the molecule is CC(C)(C)NC(=O)[C@@H](Cc1ccccc1)N(Cc1ccc(Br)cc1)C(=O)CN(c1cccc(Cl)c1Cl)S(=O)(=O)c1ccccc1. The molecule has 0 aliphatic heterocycles. The van der Waals surface area contributed by atoms with Gasteiger partial charge in [0.2, 0.25) is 11.8 Å². The van der Waals surface area contributed by atoms with Crippen molar-refractivity contribution in [2.75, 3.05) is 10.8 Å². The number of carbonyl (C=O) groups is 2. The summed E-state index contributed by atoms with van der Waals surface area (Å²) in [4.78, 5) is 29.9. The van der Waals surface area contributed by atoms with Crippen LogP contribution in [0.2, 0.25) is 10.0 Å². The summed E-state index contributed by atoms with van der Waals surface area (Å²) in [7, 11) is -4.30. The highest BCUT2D eigenvalue weighted by atomic mass is 79.9. The van der Waals surface area contributed by atoms with Crippen molar-refractivity contribution >= 4 is 66.7 Å². The third-order valence-corrected chi connectivity index (χ3v) is 9.96. The first-order chi connectivity index (χ1) is 21.3. The molecule has 1 N–H and O–H groups in total. The van der Waals surface area contributed by atoms with Gasteiger partial charge in [-0.2, -0.15) is 0 Å². The first-order valence-electron chi connectivity index (χ1n) is 14.2. The van der Waals surface area contributed by atoms with E-state index >= 15 is 0 Å². The predicted molar refractivity (Wildman–Crippen MR) is 184 cm³/mol. The molecular weight excluding hydrogens is 697 g/mol. The van der Waals surface area contributed by atoms with Crippen LogP contribution in [0.3, 0.4) is 0 Å². The molecule has 11 heteroatoms. The minimum absolute atomic E-state index is 0.0164. The number of benzene rings is 4. The topological polar surface area (TPSA) is 86.8 Å². The highest BCUT2D eigenvalue weighted by Gasteiger charge is 2.36. The first kappa shape index (κ1) is 34.5. The van der Waals surface area contributed by atoms with Gasteiger partial charge >= 0.3 is 0 Å². The molecule has 2 amide bonds. The van der Waals surface area contributed by atoms with E-state index in [-0.39, 0.29) is 39.5 Å². The lowest BCUT2D eigenvalue weighted by Crippen LogP contribution is -2.56. The Labute approximate surface area is 283 Å². The molecule has 236 valence electrons. The van der Waals surface area contributed by atoms with E-state index in [4.69, 9.17) is 23.2 Å². The largest absolute Gasteiger partial charge is 0.350 e. The zero-order valence-corrected chi connectivity index (χ0v) is 29.0. The van der Waals surface area contributed by atoms with E-state index in [1.165, 1.54) is 29.2 Å². The fourth-order valence-electron chi connectivity index (χ4n) is 4.71. The molecule has 0 saturated carbocycles. The van der Waals surface area contributed by atoms with Crippen molar-refractivity contribution in [2.24, 2.45) is 0 Å². The molecule has 0 aromatic heterocycles. The van der Waals surface area contributed by atoms with Gasteiger partial charge in [0.1, 0.15) is 12.6 Å². The summed E-state index contributed by atoms with van der Waals surface area (Å²) in [6.45, 7) is 4.99. The minimum Gasteiger partial charge on any atom is -0.350 e. The maximum atomic E-state index is 14.5. The second-order valence-electron chi connectivity index (χ2n) is 11.5. The van der Waals surface area contributed by atoms with Gasteiger partial charge in [0.15, 0.2) is 0 Å². The van der Waals surface area contributed by atoms with Crippen molar-refractivity contribution in [3.8, 4) is 0 Å². The van der Waals surface area contributed by atoms with Crippen LogP contribution in [0.4, 0.5) is 5.69 Å². The number of sulfonamides is 1. The van der Waals surface area contributed by atoms with Crippen LogP contribution >= 0.6 is 39.1 Å². The minimum atomic E-state index is -4.30. The molecule has 45 heavy (non-hydrogen) atoms. The molecule has 0 aliphatic rings. The van der Waals surface area contributed by atoms with Crippen LogP contribution in [0.1, 0.15) is 31.9 Å². The summed E-state index contributed by atoms with van der Waals surface area (Å²) in [5.41, 5.74) is 1.05. The summed E-state index contributed by atoms with van der Waals surface area (Å²) in [6, 6.07) is 28.2. The van der Waals surface area contributed by atoms with Gasteiger partial charge in [-0.05, 0) is 68.3 Å². The highest BCUT2D eigenvalue weighted by Crippen LogP contribution is 2.35. The van der Waals surface area contributed by atoms with Crippen LogP contribution in [-0.2, 0) is 32.6 Å². The maximum Gasteiger partial charge on any atom is 0.264 e. The zero-order chi connectivity index (χ0) is 32.8. The summed E-state index contributed by atoms with van der Waals surface area (Å²) >= 11 is 16.3. The molecule has 4 aromatic carbocycles. The Kier molecular flexibility index (Phi) is 11.4. The van der Waals surface area contributed by atoms with Gasteiger partial charge < -0.3 is 10.2 Å². The maximum absolute atomic E-state index is 14.5. The van der Waals surface area contributed by atoms with Crippen molar-refractivity contribution in [1.29, 1.82) is 0 Å². The van der Waals surface area contributed by atoms with Crippen LogP contribution in [0.5, 0.6) is 0 Å². The molecular formula is C34H34BrCl2N3O4S. The summed E-state index contributed by atoms with van der Waals surface area (Å²) in [5, 5.41) is 3.13. The van der Waals surface area contributed by atoms with Gasteiger partial charge in [-0.25, -0.2) is 8.42 Å². The first-order valence-corrected chi connectivity index (χ1v) is 17.2. The Bertz CT molecular complexity index is 1730. The standard InChI is InChI=1S/C34H34BrCl2N3O4S/c1-34(2,3)38-33(42)30(21-24-11-6-4-7-12-24)39(22-25-17-19-26(35)20-18-25)31(41)23-40(29-16-10-15-28(36)32(29)37)45(43,44)27-13-8-5-9-14-27/h4-20,30H,21-23H2,1-3H3,(H,38,42)/t30-/m1/s1. The van der Waals surface area contributed by atoms with Crippen LogP contribution in [-0.4, -0.2) is 43.3 Å². The van der Waals surface area contributed by atoms with E-state index in [2.05, 4.69) is 21.2 Å². The lowest BCUT2D eigenvalue weighted by molar-refractivity contribution is -0.140. The molecule has 0 radical (unpaired) electrons. The van der Waals surface area contributed by atoms with Crippen molar-refractivity contribution in [2.45, 2.75) is 50.2 Å². The monoisotopic (exact) mass is 729 g/mol. The molecule has 7 nitrogen and oxygen atoms in total. The molecule has 0 unspecified atom stereocenters. The van der Waals surface area contributed by atoms with Gasteiger partial charge in [-0.3, -0.25) is 13.9 Å². The fourth-order valence-corrected chi connectivity index (χ4v) is 6.87. The van der Waals surface area contributed by atoms with E-state index in [1.807, 2.05) is 75.4 Å². The second-order valence-corrected chi connectivity index (χ2v) is 15.1. The van der Waals surface area contributed by atoms with Crippen molar-refractivity contribution in [3.63, 3.8) is 0 Å². The lowest BCUT2D eigenvalue weighted by atomic mass is 10.0. The number of carbonyl (C=O) groups excluding carboxylic acids is 2. The third kappa shape index (κ3) is 9.10. The Morgan fingerprint density at radius 3 is 2.02 bits per heavy atom. The molecule has 0 spiro atoms. The van der Waals surface area contributed by atoms with Crippen molar-refractivity contribution in [1.82, 2.24) is 10.2 Å². The lowest BCUT2D eigenvalue weighted by Gasteiger charge is -2.35. The van der Waals surface area contributed by atoms with Crippen molar-refractivity contribution in [3.05, 3.63) is 129 Å². The Morgan fingerprint density at radius 2 is 1.42 bits per heavy atom. The average Bonchev–Trinajstić information content (AvgIpc) is 3.00. The number of amides is 2. The Hall–Kier alpha value is -3.37. The van der Waals surface area contributed by atoms with E-state index in [0.29, 0.717) is 0 Å². The predicted octanol–water partition coefficient (Wildman–Crippen LogP) is 7.51. The van der Waals surface area contributed by atoms with E-state index in [9.17, 15) is 18.0 Å². The smallest absolute Gasteiger partial charge is 0.264 e. The number of rotatable bonds is 11. The third-order valence-electron chi connectivity index (χ3n) is 6.85. The molecule has 0 saturated heterocycles. The second kappa shape index (κ2) is 14.8. The fraction of sp³-hybridized carbons (Fsp3) is 0.235. The quantitative estimate of drug-likeness (QED) is 0.173. The number of hydrogen-bond donors (Lipinski definition) is 1. The average molecular weight is 732 g/mol. The number of hydrogen-bond acceptors (Lipinski definition) is 4. The van der Waals surface area contributed by atoms with Gasteiger partial charge in [0, 0.05) is 23.0 Å². The molecule has 1 atom stereocenters. The van der Waals surface area contributed by atoms with Gasteiger partial charge in [0.05, 0.1) is 20.6 Å². The van der Waals surface area contributed by atoms with Crippen LogP contribution in [0.15, 0.2) is 112 Å². The zero-order valence-electron chi connectivity index (χ0n) is 25.1. The van der Waals surface area contributed by atoms with E-state index < -0.39 is 34.1 Å². The van der Waals surface area contributed by atoms with Gasteiger partial charge in [-0.15, -0.1) is 0 Å². The number of anilines is 1. The molecule has 0 heterocycles. The number of nitrogens with one attached hydrogen (secondary N) is 1. The summed E-state index contributed by atoms with van der Waals surface area (Å²) < 4.78 is 30.0. The number of nitrogens with zero attached hydrogens (tertiary/aromatic N) is 2. The van der Waals surface area contributed by atoms with E-state index in [0.717, 1.165) is 19.9 Å². The van der Waals surface area contributed by atoms with Gasteiger partial charge in [0.25, 0.3) is 10.0 Å². The summed E-state index contributed by atoms with van der Waals surface area (Å²) in [5.74, 6) is -0.964. The molecule has 0 bridgehead atoms.